The van der Waals surface area contributed by atoms with Gasteiger partial charge in [0, 0.05) is 12.0 Å². The minimum absolute atomic E-state index is 0.000155. The number of hydrogen-bond donors (Lipinski definition) is 5. The van der Waals surface area contributed by atoms with E-state index in [4.69, 9.17) is 11.1 Å². The Hall–Kier alpha value is -3.76. The molecule has 0 spiro atoms. The third-order valence-electron chi connectivity index (χ3n) is 4.77. The third-order valence-corrected chi connectivity index (χ3v) is 6.16. The van der Waals surface area contributed by atoms with Crippen LogP contribution in [0.15, 0.2) is 71.6 Å². The highest BCUT2D eigenvalue weighted by Gasteiger charge is 2.22. The number of nitrogen functional groups attached to an aromatic ring is 1. The summed E-state index contributed by atoms with van der Waals surface area (Å²) in [6.45, 7) is -0.619. The summed E-state index contributed by atoms with van der Waals surface area (Å²) in [7, 11) is -3.97. The number of carbonyl (C=O) groups excluding carboxylic acids is 1. The highest BCUT2D eigenvalue weighted by molar-refractivity contribution is 7.89. The molecule has 0 aliphatic rings. The fraction of sp³-hybridized carbons (Fsp3) is 0.136. The van der Waals surface area contributed by atoms with Crippen molar-refractivity contribution in [3.63, 3.8) is 0 Å². The number of sulfonamides is 1. The zero-order valence-electron chi connectivity index (χ0n) is 16.9. The topological polar surface area (TPSA) is 162 Å². The fourth-order valence-corrected chi connectivity index (χ4v) is 4.14. The first-order chi connectivity index (χ1) is 15.2. The van der Waals surface area contributed by atoms with Crippen molar-refractivity contribution in [3.8, 4) is 0 Å². The van der Waals surface area contributed by atoms with E-state index in [0.29, 0.717) is 11.1 Å². The maximum absolute atomic E-state index is 12.6. The van der Waals surface area contributed by atoms with Crippen LogP contribution in [0.2, 0.25) is 0 Å². The van der Waals surface area contributed by atoms with Crippen LogP contribution in [-0.4, -0.2) is 43.8 Å². The van der Waals surface area contributed by atoms with Crippen molar-refractivity contribution in [2.45, 2.75) is 17.4 Å². The van der Waals surface area contributed by atoms with Crippen LogP contribution in [0.5, 0.6) is 0 Å². The molecular weight excluding hydrogens is 432 g/mol. The number of carboxylic acids is 1. The summed E-state index contributed by atoms with van der Waals surface area (Å²) in [4.78, 5) is 23.8. The number of aliphatic carboxylic acids is 1. The number of nitrogens with two attached hydrogens (primary N) is 1. The summed E-state index contributed by atoms with van der Waals surface area (Å²) in [6, 6.07) is 17.0. The lowest BCUT2D eigenvalue weighted by Crippen LogP contribution is -2.46. The van der Waals surface area contributed by atoms with Crippen molar-refractivity contribution in [2.75, 3.05) is 6.54 Å². The lowest BCUT2D eigenvalue weighted by molar-refractivity contribution is -0.141. The maximum atomic E-state index is 12.6. The number of amides is 1. The molecule has 9 nitrogen and oxygen atoms in total. The van der Waals surface area contributed by atoms with Crippen LogP contribution in [0.4, 0.5) is 0 Å². The molecule has 0 saturated heterocycles. The lowest BCUT2D eigenvalue weighted by Gasteiger charge is -2.15. The van der Waals surface area contributed by atoms with Crippen molar-refractivity contribution in [2.24, 2.45) is 5.73 Å². The van der Waals surface area contributed by atoms with E-state index >= 15 is 0 Å². The van der Waals surface area contributed by atoms with Gasteiger partial charge < -0.3 is 16.2 Å². The Morgan fingerprint density at radius 2 is 1.72 bits per heavy atom. The van der Waals surface area contributed by atoms with Crippen LogP contribution in [-0.2, 0) is 26.0 Å². The fourth-order valence-electron chi connectivity index (χ4n) is 3.13. The monoisotopic (exact) mass is 454 g/mol. The van der Waals surface area contributed by atoms with Gasteiger partial charge in [-0.1, -0.05) is 48.5 Å². The van der Waals surface area contributed by atoms with Gasteiger partial charge in [0.1, 0.15) is 11.9 Å². The highest BCUT2D eigenvalue weighted by atomic mass is 32.2. The average molecular weight is 455 g/mol. The summed E-state index contributed by atoms with van der Waals surface area (Å²) in [6.07, 6.45) is -0.0559. The summed E-state index contributed by atoms with van der Waals surface area (Å²) in [5.41, 5.74) is 6.43. The zero-order chi connectivity index (χ0) is 23.3. The van der Waals surface area contributed by atoms with Crippen LogP contribution in [0.25, 0.3) is 10.8 Å². The molecule has 0 radical (unpaired) electrons. The van der Waals surface area contributed by atoms with Crippen molar-refractivity contribution in [3.05, 3.63) is 77.9 Å². The molecule has 3 aromatic rings. The highest BCUT2D eigenvalue weighted by Crippen LogP contribution is 2.18. The largest absolute Gasteiger partial charge is 0.480 e. The van der Waals surface area contributed by atoms with Gasteiger partial charge in [-0.15, -0.1) is 0 Å². The van der Waals surface area contributed by atoms with Crippen molar-refractivity contribution in [1.29, 1.82) is 5.41 Å². The molecule has 166 valence electrons. The SMILES string of the molecule is N=C(N)c1cccc(C[C@H](NC(=O)CNS(=O)(=O)c2ccc3ccccc3c2)C(=O)O)c1. The van der Waals surface area contributed by atoms with Gasteiger partial charge in [-0.3, -0.25) is 10.2 Å². The molecule has 0 bridgehead atoms. The molecule has 3 aromatic carbocycles. The van der Waals surface area contributed by atoms with E-state index in [-0.39, 0.29) is 17.2 Å². The number of rotatable bonds is 9. The van der Waals surface area contributed by atoms with Gasteiger partial charge in [0.15, 0.2) is 0 Å². The predicted molar refractivity (Wildman–Crippen MR) is 120 cm³/mol. The van der Waals surface area contributed by atoms with E-state index in [1.54, 1.807) is 42.5 Å². The van der Waals surface area contributed by atoms with Crippen LogP contribution in [0.3, 0.4) is 0 Å². The zero-order valence-corrected chi connectivity index (χ0v) is 17.7. The Bertz CT molecular complexity index is 1290. The summed E-state index contributed by atoms with van der Waals surface area (Å²) < 4.78 is 27.3. The molecule has 0 aromatic heterocycles. The Labute approximate surface area is 184 Å². The number of fused-ring (bicyclic) bond motifs is 1. The van der Waals surface area contributed by atoms with E-state index in [1.165, 1.54) is 12.1 Å². The lowest BCUT2D eigenvalue weighted by atomic mass is 10.0. The minimum Gasteiger partial charge on any atom is -0.480 e. The smallest absolute Gasteiger partial charge is 0.326 e. The van der Waals surface area contributed by atoms with Crippen molar-refractivity contribution >= 4 is 38.5 Å². The molecule has 6 N–H and O–H groups in total. The third kappa shape index (κ3) is 5.68. The summed E-state index contributed by atoms with van der Waals surface area (Å²) in [5.74, 6) is -2.22. The van der Waals surface area contributed by atoms with Gasteiger partial charge in [-0.2, -0.15) is 0 Å². The van der Waals surface area contributed by atoms with Gasteiger partial charge in [0.25, 0.3) is 0 Å². The molecule has 0 fully saturated rings. The van der Waals surface area contributed by atoms with Crippen LogP contribution in [0.1, 0.15) is 11.1 Å². The van der Waals surface area contributed by atoms with Crippen LogP contribution < -0.4 is 15.8 Å². The molecule has 0 heterocycles. The molecule has 0 aliphatic heterocycles. The summed E-state index contributed by atoms with van der Waals surface area (Å²) in [5, 5.41) is 20.8. The molecular formula is C22H22N4O5S. The number of nitrogens with one attached hydrogen (secondary N) is 3. The Kier molecular flexibility index (Phi) is 6.86. The van der Waals surface area contributed by atoms with Crippen molar-refractivity contribution < 1.29 is 23.1 Å². The second-order valence-corrected chi connectivity index (χ2v) is 8.88. The molecule has 3 rings (SSSR count). The molecule has 1 atom stereocenters. The predicted octanol–water partition coefficient (Wildman–Crippen LogP) is 1.21. The summed E-state index contributed by atoms with van der Waals surface area (Å²) >= 11 is 0. The van der Waals surface area contributed by atoms with E-state index < -0.39 is 34.5 Å². The number of amidine groups is 1. The number of benzene rings is 3. The minimum atomic E-state index is -3.97. The van der Waals surface area contributed by atoms with Gasteiger partial charge in [0.2, 0.25) is 15.9 Å². The number of carbonyl (C=O) groups is 2. The van der Waals surface area contributed by atoms with E-state index in [2.05, 4.69) is 10.0 Å². The first-order valence-electron chi connectivity index (χ1n) is 9.60. The van der Waals surface area contributed by atoms with Crippen LogP contribution >= 0.6 is 0 Å². The first-order valence-corrected chi connectivity index (χ1v) is 11.1. The molecule has 1 amide bonds. The normalized spacial score (nSPS) is 12.2. The second-order valence-electron chi connectivity index (χ2n) is 7.11. The Morgan fingerprint density at radius 1 is 1.00 bits per heavy atom. The number of carboxylic acid groups (broad SMARTS) is 1. The maximum Gasteiger partial charge on any atom is 0.326 e. The Morgan fingerprint density at radius 3 is 2.41 bits per heavy atom. The quantitative estimate of drug-likeness (QED) is 0.241. The first kappa shape index (κ1) is 22.9. The van der Waals surface area contributed by atoms with E-state index in [0.717, 1.165) is 10.8 Å². The van der Waals surface area contributed by atoms with E-state index in [1.807, 2.05) is 12.1 Å². The molecule has 10 heteroatoms. The molecule has 0 saturated carbocycles. The van der Waals surface area contributed by atoms with Crippen LogP contribution in [0, 0.1) is 5.41 Å². The van der Waals surface area contributed by atoms with Gasteiger partial charge in [0.05, 0.1) is 11.4 Å². The van der Waals surface area contributed by atoms with Gasteiger partial charge in [-0.25, -0.2) is 17.9 Å². The van der Waals surface area contributed by atoms with Gasteiger partial charge in [-0.05, 0) is 34.5 Å². The molecule has 0 aliphatic carbocycles. The molecule has 0 unspecified atom stereocenters. The average Bonchev–Trinajstić information content (AvgIpc) is 2.77. The molecule has 32 heavy (non-hydrogen) atoms. The Balaban J connectivity index is 1.65. The van der Waals surface area contributed by atoms with Crippen molar-refractivity contribution in [1.82, 2.24) is 10.0 Å². The van der Waals surface area contributed by atoms with Gasteiger partial charge >= 0.3 is 5.97 Å². The second kappa shape index (κ2) is 9.58. The number of hydrogen-bond acceptors (Lipinski definition) is 5. The standard InChI is InChI=1S/C22H22N4O5S/c23-21(24)17-7-3-4-14(10-17)11-19(22(28)29)26-20(27)13-25-32(30,31)18-9-8-15-5-1-2-6-16(15)12-18/h1-10,12,19,25H,11,13H2,(H3,23,24)(H,26,27)(H,28,29)/t19-/m0/s1. The van der Waals surface area contributed by atoms with E-state index in [9.17, 15) is 23.1 Å².